The summed E-state index contributed by atoms with van der Waals surface area (Å²) >= 11 is 3.33. The molecule has 4 nitrogen and oxygen atoms in total. The first-order valence-corrected chi connectivity index (χ1v) is 13.5. The molecule has 0 aliphatic heterocycles. The molecular weight excluding hydrogens is 472 g/mol. The van der Waals surface area contributed by atoms with E-state index in [1.807, 2.05) is 85.3 Å². The Hall–Kier alpha value is -3.48. The average molecular weight is 499 g/mol. The largest absolute Gasteiger partial charge is 0.507 e. The van der Waals surface area contributed by atoms with Crippen LogP contribution in [0.2, 0.25) is 0 Å². The summed E-state index contributed by atoms with van der Waals surface area (Å²) in [5.41, 5.74) is 5.06. The third kappa shape index (κ3) is 6.78. The van der Waals surface area contributed by atoms with E-state index < -0.39 is 0 Å². The summed E-state index contributed by atoms with van der Waals surface area (Å²) in [7, 11) is 0. The molecule has 0 amide bonds. The first-order valence-electron chi connectivity index (χ1n) is 11.0. The van der Waals surface area contributed by atoms with Gasteiger partial charge in [-0.1, -0.05) is 24.3 Å². The zero-order valence-corrected chi connectivity index (χ0v) is 21.2. The van der Waals surface area contributed by atoms with Crippen LogP contribution in [0, 0.1) is 0 Å². The molecule has 0 bridgehead atoms. The van der Waals surface area contributed by atoms with Gasteiger partial charge in [0.2, 0.25) is 0 Å². The lowest BCUT2D eigenvalue weighted by Crippen LogP contribution is -1.93. The van der Waals surface area contributed by atoms with Crippen molar-refractivity contribution in [1.82, 2.24) is 0 Å². The van der Waals surface area contributed by atoms with Crippen LogP contribution in [-0.4, -0.2) is 35.2 Å². The van der Waals surface area contributed by atoms with Crippen LogP contribution in [0.4, 0.5) is 11.4 Å². The molecule has 0 heterocycles. The van der Waals surface area contributed by atoms with Crippen molar-refractivity contribution in [2.24, 2.45) is 9.98 Å². The topological polar surface area (TPSA) is 65.2 Å². The molecule has 0 saturated heterocycles. The lowest BCUT2D eigenvalue weighted by atomic mass is 10.0. The molecule has 4 aromatic rings. The Labute approximate surface area is 214 Å². The number of thioether (sulfide) groups is 2. The van der Waals surface area contributed by atoms with Gasteiger partial charge in [-0.2, -0.15) is 0 Å². The van der Waals surface area contributed by atoms with Crippen LogP contribution in [-0.2, 0) is 6.42 Å². The Morgan fingerprint density at radius 1 is 0.629 bits per heavy atom. The molecule has 0 fully saturated rings. The lowest BCUT2D eigenvalue weighted by molar-refractivity contribution is 0.474. The Morgan fingerprint density at radius 3 is 1.51 bits per heavy atom. The molecule has 4 aromatic carbocycles. The van der Waals surface area contributed by atoms with Gasteiger partial charge in [0.15, 0.2) is 0 Å². The highest BCUT2D eigenvalue weighted by atomic mass is 32.2. The summed E-state index contributed by atoms with van der Waals surface area (Å²) in [6, 6.07) is 27.0. The van der Waals surface area contributed by atoms with Crippen LogP contribution in [0.25, 0.3) is 0 Å². The molecule has 0 aliphatic carbocycles. The summed E-state index contributed by atoms with van der Waals surface area (Å²) in [6.07, 6.45) is 8.08. The number of phenols is 2. The van der Waals surface area contributed by atoms with E-state index in [4.69, 9.17) is 0 Å². The minimum absolute atomic E-state index is 0.185. The molecule has 0 spiro atoms. The zero-order chi connectivity index (χ0) is 24.6. The van der Waals surface area contributed by atoms with E-state index in [0.717, 1.165) is 32.3 Å². The Kier molecular flexibility index (Phi) is 8.29. The van der Waals surface area contributed by atoms with Crippen molar-refractivity contribution in [2.45, 2.75) is 16.2 Å². The number of phenolic OH excluding ortho intramolecular Hbond substituents is 2. The molecule has 6 heteroatoms. The first kappa shape index (κ1) is 24.6. The number of hydrogen-bond donors (Lipinski definition) is 2. The molecule has 2 N–H and O–H groups in total. The van der Waals surface area contributed by atoms with Gasteiger partial charge in [-0.05, 0) is 90.7 Å². The number of aromatic hydroxyl groups is 2. The summed E-state index contributed by atoms with van der Waals surface area (Å²) in [5.74, 6) is 0.369. The highest BCUT2D eigenvalue weighted by molar-refractivity contribution is 7.98. The predicted molar refractivity (Wildman–Crippen MR) is 150 cm³/mol. The maximum Gasteiger partial charge on any atom is 0.124 e. The third-order valence-corrected chi connectivity index (χ3v) is 6.85. The van der Waals surface area contributed by atoms with Crippen molar-refractivity contribution >= 4 is 47.3 Å². The second-order valence-corrected chi connectivity index (χ2v) is 9.64. The van der Waals surface area contributed by atoms with Crippen molar-refractivity contribution < 1.29 is 10.2 Å². The molecule has 0 unspecified atom stereocenters. The highest BCUT2D eigenvalue weighted by Gasteiger charge is 2.06. The van der Waals surface area contributed by atoms with Crippen LogP contribution in [0.3, 0.4) is 0 Å². The smallest absolute Gasteiger partial charge is 0.124 e. The minimum Gasteiger partial charge on any atom is -0.507 e. The van der Waals surface area contributed by atoms with Crippen LogP contribution in [0.1, 0.15) is 22.3 Å². The molecule has 0 atom stereocenters. The molecule has 35 heavy (non-hydrogen) atoms. The maximum absolute atomic E-state index is 10.3. The number of nitrogens with zero attached hydrogens (tertiary/aromatic N) is 2. The van der Waals surface area contributed by atoms with Crippen LogP contribution in [0.5, 0.6) is 11.5 Å². The quantitative estimate of drug-likeness (QED) is 0.194. The Morgan fingerprint density at radius 2 is 1.09 bits per heavy atom. The van der Waals surface area contributed by atoms with E-state index >= 15 is 0 Å². The fourth-order valence-electron chi connectivity index (χ4n) is 3.54. The van der Waals surface area contributed by atoms with Gasteiger partial charge in [0.1, 0.15) is 11.5 Å². The van der Waals surface area contributed by atoms with Gasteiger partial charge in [-0.25, -0.2) is 0 Å². The number of aliphatic imine (C=N–C) groups is 2. The van der Waals surface area contributed by atoms with Crippen molar-refractivity contribution in [3.05, 3.63) is 107 Å². The van der Waals surface area contributed by atoms with Gasteiger partial charge in [0.05, 0.1) is 11.4 Å². The van der Waals surface area contributed by atoms with Crippen molar-refractivity contribution in [3.8, 4) is 11.5 Å². The Balaban J connectivity index is 1.53. The minimum atomic E-state index is 0.185. The SMILES string of the molecule is CSc1cccc(N=Cc2cc(Cc3ccc(O)c(C=Nc4cccc(SC)c4)c3)ccc2O)c1. The van der Waals surface area contributed by atoms with Gasteiger partial charge in [0.25, 0.3) is 0 Å². The van der Waals surface area contributed by atoms with E-state index in [2.05, 4.69) is 9.98 Å². The van der Waals surface area contributed by atoms with Crippen LogP contribution < -0.4 is 0 Å². The van der Waals surface area contributed by atoms with Gasteiger partial charge in [-0.15, -0.1) is 23.5 Å². The first-order chi connectivity index (χ1) is 17.0. The van der Waals surface area contributed by atoms with Crippen molar-refractivity contribution in [2.75, 3.05) is 12.5 Å². The molecule has 0 aromatic heterocycles. The van der Waals surface area contributed by atoms with Gasteiger partial charge < -0.3 is 10.2 Å². The second kappa shape index (κ2) is 11.8. The zero-order valence-electron chi connectivity index (χ0n) is 19.6. The molecule has 0 aliphatic rings. The second-order valence-electron chi connectivity index (χ2n) is 7.88. The molecule has 0 radical (unpaired) electrons. The molecular formula is C29H26N2O2S2. The van der Waals surface area contributed by atoms with E-state index in [9.17, 15) is 10.2 Å². The highest BCUT2D eigenvalue weighted by Crippen LogP contribution is 2.25. The molecule has 4 rings (SSSR count). The van der Waals surface area contributed by atoms with Gasteiger partial charge >= 0.3 is 0 Å². The number of hydrogen-bond acceptors (Lipinski definition) is 6. The van der Waals surface area contributed by atoms with E-state index in [1.54, 1.807) is 48.1 Å². The number of benzene rings is 4. The summed E-state index contributed by atoms with van der Waals surface area (Å²) < 4.78 is 0. The van der Waals surface area contributed by atoms with Crippen LogP contribution in [0.15, 0.2) is 105 Å². The van der Waals surface area contributed by atoms with Gasteiger partial charge in [-0.3, -0.25) is 9.98 Å². The van der Waals surface area contributed by atoms with E-state index in [1.165, 1.54) is 0 Å². The fraction of sp³-hybridized carbons (Fsp3) is 0.103. The van der Waals surface area contributed by atoms with Crippen molar-refractivity contribution in [1.29, 1.82) is 0 Å². The molecule has 176 valence electrons. The summed E-state index contributed by atoms with van der Waals surface area (Å²) in [5, 5.41) is 20.7. The number of rotatable bonds is 8. The van der Waals surface area contributed by atoms with E-state index in [-0.39, 0.29) is 11.5 Å². The lowest BCUT2D eigenvalue weighted by Gasteiger charge is -2.07. The van der Waals surface area contributed by atoms with Crippen LogP contribution >= 0.6 is 23.5 Å². The predicted octanol–water partition coefficient (Wildman–Crippen LogP) is 7.63. The average Bonchev–Trinajstić information content (AvgIpc) is 2.89. The maximum atomic E-state index is 10.3. The Bertz CT molecular complexity index is 1280. The normalized spacial score (nSPS) is 11.5. The van der Waals surface area contributed by atoms with Crippen molar-refractivity contribution in [3.63, 3.8) is 0 Å². The monoisotopic (exact) mass is 498 g/mol. The summed E-state index contributed by atoms with van der Waals surface area (Å²) in [4.78, 5) is 11.3. The van der Waals surface area contributed by atoms with Gasteiger partial charge in [0, 0.05) is 33.3 Å². The fourth-order valence-corrected chi connectivity index (χ4v) is 4.45. The third-order valence-electron chi connectivity index (χ3n) is 5.40. The molecule has 0 saturated carbocycles. The van der Waals surface area contributed by atoms with E-state index in [0.29, 0.717) is 17.5 Å². The summed E-state index contributed by atoms with van der Waals surface area (Å²) in [6.45, 7) is 0. The standard InChI is InChI=1S/C29H26N2O2S2/c1-34-26-7-3-5-24(16-26)30-18-22-14-20(9-11-28(22)32)13-21-10-12-29(33)23(15-21)19-31-25-6-4-8-27(17-25)35-2/h3-12,14-19,32-33H,13H2,1-2H3.